The van der Waals surface area contributed by atoms with Crippen molar-refractivity contribution in [2.75, 3.05) is 0 Å². The van der Waals surface area contributed by atoms with Crippen LogP contribution in [0, 0.1) is 0 Å². The van der Waals surface area contributed by atoms with Gasteiger partial charge in [0.25, 0.3) is 0 Å². The highest BCUT2D eigenvalue weighted by Gasteiger charge is 2.24. The van der Waals surface area contributed by atoms with E-state index < -0.39 is 0 Å². The molecule has 40 heavy (non-hydrogen) atoms. The van der Waals surface area contributed by atoms with E-state index in [1.165, 1.54) is 0 Å². The molecule has 0 saturated carbocycles. The molecule has 0 unspecified atom stereocenters. The fraction of sp³-hybridized carbons (Fsp3) is 0.143. The Morgan fingerprint density at radius 2 is 1.55 bits per heavy atom. The monoisotopic (exact) mass is 523 g/mol. The first-order chi connectivity index (χ1) is 19.3. The average Bonchev–Trinajstić information content (AvgIpc) is 3.50. The van der Waals surface area contributed by atoms with Crippen LogP contribution in [0.2, 0.25) is 0 Å². The van der Waals surface area contributed by atoms with Gasteiger partial charge >= 0.3 is 0 Å². The molecule has 0 fully saturated rings. The minimum Gasteiger partial charge on any atom is -0.507 e. The molecule has 5 heteroatoms. The lowest BCUT2D eigenvalue weighted by molar-refractivity contribution is 0.448. The lowest BCUT2D eigenvalue weighted by atomic mass is 9.85. The molecule has 7 rings (SSSR count). The molecule has 0 bridgehead atoms. The number of nitrogens with zero attached hydrogens (tertiary/aromatic N) is 3. The van der Waals surface area contributed by atoms with Crippen molar-refractivity contribution in [3.05, 3.63) is 103 Å². The Labute approximate surface area is 232 Å². The maximum absolute atomic E-state index is 11.3. The van der Waals surface area contributed by atoms with E-state index in [-0.39, 0.29) is 11.2 Å². The maximum atomic E-state index is 11.3. The summed E-state index contributed by atoms with van der Waals surface area (Å²) >= 11 is 0. The van der Waals surface area contributed by atoms with Gasteiger partial charge in [-0.15, -0.1) is 0 Å². The number of pyridine rings is 1. The van der Waals surface area contributed by atoms with E-state index in [4.69, 9.17) is 9.40 Å². The van der Waals surface area contributed by atoms with Gasteiger partial charge in [0.15, 0.2) is 0 Å². The van der Waals surface area contributed by atoms with E-state index in [9.17, 15) is 5.11 Å². The number of phenolic OH excluding ortho intramolecular Hbond substituents is 1. The lowest BCUT2D eigenvalue weighted by Crippen LogP contribution is -2.11. The molecule has 5 nitrogen and oxygen atoms in total. The van der Waals surface area contributed by atoms with Gasteiger partial charge in [0.1, 0.15) is 22.7 Å². The summed E-state index contributed by atoms with van der Waals surface area (Å²) in [5.41, 5.74) is 8.72. The first-order valence-electron chi connectivity index (χ1n) is 13.5. The summed E-state index contributed by atoms with van der Waals surface area (Å²) < 4.78 is 8.53. The Morgan fingerprint density at radius 1 is 0.775 bits per heavy atom. The minimum atomic E-state index is -0.200. The second-order valence-electron chi connectivity index (χ2n) is 11.3. The van der Waals surface area contributed by atoms with Crippen molar-refractivity contribution in [1.29, 1.82) is 0 Å². The Balaban J connectivity index is 1.52. The zero-order chi connectivity index (χ0) is 27.6. The zero-order valence-corrected chi connectivity index (χ0v) is 22.9. The van der Waals surface area contributed by atoms with Crippen molar-refractivity contribution in [1.82, 2.24) is 14.5 Å². The molecule has 3 heterocycles. The van der Waals surface area contributed by atoms with Gasteiger partial charge in [-0.1, -0.05) is 69.3 Å². The normalized spacial score (nSPS) is 12.1. The average molecular weight is 524 g/mol. The van der Waals surface area contributed by atoms with Crippen LogP contribution in [0.15, 0.2) is 102 Å². The van der Waals surface area contributed by atoms with Crippen LogP contribution >= 0.6 is 0 Å². The second kappa shape index (κ2) is 8.82. The third kappa shape index (κ3) is 3.69. The molecule has 0 spiro atoms. The zero-order valence-electron chi connectivity index (χ0n) is 22.9. The van der Waals surface area contributed by atoms with E-state index >= 15 is 0 Å². The highest BCUT2D eigenvalue weighted by Crippen LogP contribution is 2.43. The minimum absolute atomic E-state index is 0.200. The molecule has 0 aliphatic heterocycles. The summed E-state index contributed by atoms with van der Waals surface area (Å²) in [4.78, 5) is 9.79. The Morgan fingerprint density at radius 3 is 2.35 bits per heavy atom. The number of hydrogen-bond acceptors (Lipinski definition) is 4. The van der Waals surface area contributed by atoms with Crippen LogP contribution in [0.4, 0.5) is 0 Å². The van der Waals surface area contributed by atoms with Gasteiger partial charge in [-0.05, 0) is 53.4 Å². The number of hydrogen-bond donors (Lipinski definition) is 1. The van der Waals surface area contributed by atoms with Gasteiger partial charge in [-0.25, -0.2) is 4.98 Å². The summed E-state index contributed by atoms with van der Waals surface area (Å²) in [6.07, 6.45) is 1.82. The van der Waals surface area contributed by atoms with Crippen LogP contribution in [0.5, 0.6) is 5.75 Å². The third-order valence-electron chi connectivity index (χ3n) is 7.73. The fourth-order valence-corrected chi connectivity index (χ4v) is 5.71. The first kappa shape index (κ1) is 24.2. The molecule has 0 aliphatic rings. The van der Waals surface area contributed by atoms with Gasteiger partial charge in [-0.2, -0.15) is 0 Å². The van der Waals surface area contributed by atoms with Crippen LogP contribution in [-0.4, -0.2) is 19.6 Å². The van der Waals surface area contributed by atoms with Gasteiger partial charge in [0, 0.05) is 40.7 Å². The highest BCUT2D eigenvalue weighted by molar-refractivity contribution is 6.13. The number of aromatic hydroxyl groups is 1. The van der Waals surface area contributed by atoms with Crippen LogP contribution in [0.25, 0.3) is 66.7 Å². The molecule has 0 aliphatic carbocycles. The van der Waals surface area contributed by atoms with Crippen molar-refractivity contribution in [3.8, 4) is 39.5 Å². The number of phenols is 1. The van der Waals surface area contributed by atoms with Crippen LogP contribution < -0.4 is 0 Å². The van der Waals surface area contributed by atoms with Crippen LogP contribution in [-0.2, 0) is 12.5 Å². The maximum Gasteiger partial charge on any atom is 0.144 e. The fourth-order valence-electron chi connectivity index (χ4n) is 5.71. The summed E-state index contributed by atoms with van der Waals surface area (Å²) in [6.45, 7) is 6.31. The molecule has 0 amide bonds. The van der Waals surface area contributed by atoms with Gasteiger partial charge in [0.05, 0.1) is 22.3 Å². The molecule has 7 aromatic rings. The molecule has 0 radical (unpaired) electrons. The van der Waals surface area contributed by atoms with E-state index in [0.717, 1.165) is 60.9 Å². The number of para-hydroxylation sites is 3. The Kier molecular flexibility index (Phi) is 5.33. The predicted octanol–water partition coefficient (Wildman–Crippen LogP) is 8.87. The van der Waals surface area contributed by atoms with E-state index in [1.807, 2.05) is 67.8 Å². The summed E-state index contributed by atoms with van der Waals surface area (Å²) in [5, 5.41) is 13.4. The molecule has 1 N–H and O–H groups in total. The topological polar surface area (TPSA) is 64.1 Å². The van der Waals surface area contributed by atoms with Crippen LogP contribution in [0.3, 0.4) is 0 Å². The number of aromatic nitrogens is 3. The molecular weight excluding hydrogens is 494 g/mol. The highest BCUT2D eigenvalue weighted by atomic mass is 16.3. The lowest BCUT2D eigenvalue weighted by Gasteiger charge is -2.21. The number of furan rings is 1. The summed E-state index contributed by atoms with van der Waals surface area (Å²) in [5.74, 6) is 0.986. The molecule has 0 saturated heterocycles. The first-order valence-corrected chi connectivity index (χ1v) is 13.5. The molecule has 4 aromatic carbocycles. The Hall–Kier alpha value is -4.90. The predicted molar refractivity (Wildman–Crippen MR) is 162 cm³/mol. The largest absolute Gasteiger partial charge is 0.507 e. The van der Waals surface area contributed by atoms with Crippen molar-refractivity contribution in [3.63, 3.8) is 0 Å². The number of rotatable bonds is 3. The number of fused-ring (bicyclic) bond motifs is 4. The van der Waals surface area contributed by atoms with Gasteiger partial charge < -0.3 is 14.1 Å². The van der Waals surface area contributed by atoms with E-state index in [1.54, 1.807) is 0 Å². The molecule has 0 atom stereocenters. The van der Waals surface area contributed by atoms with E-state index in [0.29, 0.717) is 11.4 Å². The number of imidazole rings is 1. The van der Waals surface area contributed by atoms with Crippen molar-refractivity contribution in [2.24, 2.45) is 7.05 Å². The number of benzene rings is 4. The SMILES string of the molecule is Cn1c(-c2cccc(C(C)(C)C)c2O)nc2c(-c3cc(-c4ccccn4)cc4c3oc3ccccc34)cccc21. The number of aryl methyl sites for hydroxylation is 1. The third-order valence-corrected chi connectivity index (χ3v) is 7.73. The smallest absolute Gasteiger partial charge is 0.144 e. The van der Waals surface area contributed by atoms with E-state index in [2.05, 4.69) is 66.7 Å². The molecular formula is C35H29N3O2. The van der Waals surface area contributed by atoms with Crippen molar-refractivity contribution >= 4 is 33.0 Å². The second-order valence-corrected chi connectivity index (χ2v) is 11.3. The summed E-state index contributed by atoms with van der Waals surface area (Å²) in [6, 6.07) is 30.5. The van der Waals surface area contributed by atoms with Gasteiger partial charge in [-0.3, -0.25) is 4.98 Å². The summed E-state index contributed by atoms with van der Waals surface area (Å²) in [7, 11) is 2.00. The quantitative estimate of drug-likeness (QED) is 0.251. The van der Waals surface area contributed by atoms with Crippen molar-refractivity contribution in [2.45, 2.75) is 26.2 Å². The van der Waals surface area contributed by atoms with Crippen molar-refractivity contribution < 1.29 is 9.52 Å². The Bertz CT molecular complexity index is 2060. The molecule has 196 valence electrons. The standard InChI is InChI=1S/C35H29N3O2/c1-35(2,3)27-14-9-13-24(32(27)39)34-37-31-23(12-10-16-29(31)38(34)4)26-20-21(28-15-7-8-18-36-28)19-25-22-11-5-6-17-30(22)40-33(25)26/h5-20,39H,1-4H3. The molecule has 3 aromatic heterocycles. The van der Waals surface area contributed by atoms with Crippen LogP contribution in [0.1, 0.15) is 26.3 Å². The van der Waals surface area contributed by atoms with Gasteiger partial charge in [0.2, 0.25) is 0 Å².